The number of thioether (sulfide) groups is 1. The summed E-state index contributed by atoms with van der Waals surface area (Å²) < 4.78 is 10.6. The van der Waals surface area contributed by atoms with Crippen LogP contribution in [-0.2, 0) is 9.59 Å². The molecule has 2 heterocycles. The van der Waals surface area contributed by atoms with Crippen LogP contribution in [0.15, 0.2) is 118 Å². The number of amides is 3. The Hall–Kier alpha value is -5.13. The second kappa shape index (κ2) is 14.4. The van der Waals surface area contributed by atoms with Gasteiger partial charge in [0, 0.05) is 33.2 Å². The fourth-order valence-corrected chi connectivity index (χ4v) is 5.57. The number of thiazole rings is 1. The number of aromatic nitrogens is 1. The number of rotatable bonds is 11. The van der Waals surface area contributed by atoms with Gasteiger partial charge in [-0.05, 0) is 67.6 Å². The number of ether oxygens (including phenoxy) is 1. The van der Waals surface area contributed by atoms with Gasteiger partial charge in [-0.3, -0.25) is 14.4 Å². The maximum Gasteiger partial charge on any atom is 0.272 e. The number of carbonyl (C=O) groups is 3. The number of hydrogen-bond donors (Lipinski definition) is 3. The Morgan fingerprint density at radius 3 is 2.48 bits per heavy atom. The molecule has 0 saturated carbocycles. The number of nitrogens with zero attached hydrogens (tertiary/aromatic N) is 1. The second-order valence-corrected chi connectivity index (χ2v) is 11.7. The lowest BCUT2D eigenvalue weighted by Crippen LogP contribution is -2.30. The van der Waals surface area contributed by atoms with E-state index in [1.807, 2.05) is 48.7 Å². The zero-order chi connectivity index (χ0) is 30.9. The van der Waals surface area contributed by atoms with Crippen molar-refractivity contribution in [2.24, 2.45) is 0 Å². The van der Waals surface area contributed by atoms with Gasteiger partial charge in [0.1, 0.15) is 17.2 Å². The van der Waals surface area contributed by atoms with Crippen molar-refractivity contribution < 1.29 is 23.5 Å². The van der Waals surface area contributed by atoms with Crippen LogP contribution >= 0.6 is 23.1 Å². The summed E-state index contributed by atoms with van der Waals surface area (Å²) in [6.45, 7) is 1.81. The summed E-state index contributed by atoms with van der Waals surface area (Å²) in [6.07, 6.45) is 2.94. The van der Waals surface area contributed by atoms with Crippen molar-refractivity contribution in [3.8, 4) is 17.0 Å². The molecule has 5 rings (SSSR count). The topological polar surface area (TPSA) is 123 Å². The summed E-state index contributed by atoms with van der Waals surface area (Å²) in [5.74, 6) is 0.0253. The Morgan fingerprint density at radius 2 is 1.75 bits per heavy atom. The number of furan rings is 1. The van der Waals surface area contributed by atoms with E-state index < -0.39 is 17.1 Å². The van der Waals surface area contributed by atoms with Gasteiger partial charge in [0.05, 0.1) is 24.3 Å². The Labute approximate surface area is 262 Å². The van der Waals surface area contributed by atoms with Gasteiger partial charge in [-0.25, -0.2) is 4.98 Å². The van der Waals surface area contributed by atoms with E-state index in [0.29, 0.717) is 22.1 Å². The highest BCUT2D eigenvalue weighted by molar-refractivity contribution is 8.00. The first-order valence-electron chi connectivity index (χ1n) is 13.5. The molecule has 0 aliphatic rings. The molecule has 3 N–H and O–H groups in total. The molecule has 11 heteroatoms. The maximum atomic E-state index is 13.2. The largest absolute Gasteiger partial charge is 0.497 e. The summed E-state index contributed by atoms with van der Waals surface area (Å²) in [4.78, 5) is 44.2. The van der Waals surface area contributed by atoms with E-state index in [1.54, 1.807) is 61.7 Å². The quantitative estimate of drug-likeness (QED) is 0.107. The van der Waals surface area contributed by atoms with Gasteiger partial charge in [0.25, 0.3) is 11.8 Å². The highest BCUT2D eigenvalue weighted by Crippen LogP contribution is 2.29. The van der Waals surface area contributed by atoms with Gasteiger partial charge in [-0.2, -0.15) is 0 Å². The van der Waals surface area contributed by atoms with Crippen LogP contribution in [0.25, 0.3) is 17.3 Å². The van der Waals surface area contributed by atoms with Crippen LogP contribution in [0.3, 0.4) is 0 Å². The molecule has 0 radical (unpaired) electrons. The molecular weight excluding hydrogens is 597 g/mol. The van der Waals surface area contributed by atoms with Crippen LogP contribution < -0.4 is 20.7 Å². The van der Waals surface area contributed by atoms with Crippen LogP contribution in [0.1, 0.15) is 23.0 Å². The predicted molar refractivity (Wildman–Crippen MR) is 174 cm³/mol. The molecule has 0 aliphatic heterocycles. The Morgan fingerprint density at radius 1 is 0.955 bits per heavy atom. The monoisotopic (exact) mass is 624 g/mol. The number of carbonyl (C=O) groups excluding carboxylic acids is 3. The fraction of sp³-hybridized carbons (Fsp3) is 0.0909. The maximum absolute atomic E-state index is 13.2. The normalized spacial score (nSPS) is 11.8. The van der Waals surface area contributed by atoms with Crippen LogP contribution in [0, 0.1) is 0 Å². The van der Waals surface area contributed by atoms with E-state index in [0.717, 1.165) is 21.9 Å². The smallest absolute Gasteiger partial charge is 0.272 e. The minimum Gasteiger partial charge on any atom is -0.497 e. The fourth-order valence-electron chi connectivity index (χ4n) is 3.98. The van der Waals surface area contributed by atoms with E-state index in [1.165, 1.54) is 35.4 Å². The Kier molecular flexibility index (Phi) is 9.90. The third kappa shape index (κ3) is 8.03. The molecule has 1 atom stereocenters. The van der Waals surface area contributed by atoms with Gasteiger partial charge >= 0.3 is 0 Å². The average molecular weight is 625 g/mol. The van der Waals surface area contributed by atoms with Crippen molar-refractivity contribution in [3.63, 3.8) is 0 Å². The second-order valence-electron chi connectivity index (χ2n) is 9.39. The summed E-state index contributed by atoms with van der Waals surface area (Å²) in [5, 5.41) is 10.3. The lowest BCUT2D eigenvalue weighted by molar-refractivity contribution is -0.115. The van der Waals surface area contributed by atoms with Gasteiger partial charge in [0.15, 0.2) is 5.13 Å². The van der Waals surface area contributed by atoms with E-state index >= 15 is 0 Å². The first-order valence-corrected chi connectivity index (χ1v) is 15.2. The van der Waals surface area contributed by atoms with Gasteiger partial charge in [-0.1, -0.05) is 30.3 Å². The highest BCUT2D eigenvalue weighted by atomic mass is 32.2. The first-order chi connectivity index (χ1) is 21.4. The van der Waals surface area contributed by atoms with Crippen molar-refractivity contribution in [1.82, 2.24) is 10.3 Å². The number of methoxy groups -OCH3 is 1. The number of nitrogens with one attached hydrogen (secondary N) is 3. The lowest BCUT2D eigenvalue weighted by Gasteiger charge is -2.13. The van der Waals surface area contributed by atoms with E-state index in [2.05, 4.69) is 20.9 Å². The zero-order valence-corrected chi connectivity index (χ0v) is 25.4. The molecule has 1 unspecified atom stereocenters. The first kappa shape index (κ1) is 30.3. The molecule has 3 amide bonds. The lowest BCUT2D eigenvalue weighted by atomic mass is 10.2. The third-order valence-corrected chi connectivity index (χ3v) is 8.12. The third-order valence-electron chi connectivity index (χ3n) is 6.25. The van der Waals surface area contributed by atoms with Crippen molar-refractivity contribution in [2.75, 3.05) is 17.7 Å². The van der Waals surface area contributed by atoms with Crippen molar-refractivity contribution in [1.29, 1.82) is 0 Å². The van der Waals surface area contributed by atoms with Crippen LogP contribution in [-0.4, -0.2) is 35.1 Å². The summed E-state index contributed by atoms with van der Waals surface area (Å²) in [5.41, 5.74) is 2.61. The predicted octanol–water partition coefficient (Wildman–Crippen LogP) is 6.94. The minimum atomic E-state index is -0.518. The molecule has 0 bridgehead atoms. The number of anilines is 2. The summed E-state index contributed by atoms with van der Waals surface area (Å²) in [7, 11) is 1.61. The number of benzene rings is 3. The highest BCUT2D eigenvalue weighted by Gasteiger charge is 2.18. The molecule has 0 spiro atoms. The molecule has 44 heavy (non-hydrogen) atoms. The van der Waals surface area contributed by atoms with Crippen LogP contribution in [0.4, 0.5) is 10.8 Å². The van der Waals surface area contributed by atoms with Gasteiger partial charge in [-0.15, -0.1) is 23.1 Å². The summed E-state index contributed by atoms with van der Waals surface area (Å²) in [6, 6.07) is 26.6. The standard InChI is InChI=1S/C33H28N4O5S2/c1-21(30(38)37-33-36-29(20-43-33)23-10-6-11-25(18-23)41-2)44-27-15-13-24(14-16-27)34-32(40)28(19-26-12-7-17-42-26)35-31(39)22-8-4-3-5-9-22/h3-21H,1-2H3,(H,34,40)(H,35,39)(H,36,37,38)/b28-19-. The summed E-state index contributed by atoms with van der Waals surface area (Å²) >= 11 is 2.73. The van der Waals surface area contributed by atoms with Gasteiger partial charge < -0.3 is 25.1 Å². The molecular formula is C33H28N4O5S2. The molecule has 222 valence electrons. The zero-order valence-electron chi connectivity index (χ0n) is 23.8. The Balaban J connectivity index is 1.18. The SMILES string of the molecule is COc1cccc(-c2csc(NC(=O)C(C)Sc3ccc(NC(=O)/C(=C/c4ccco4)NC(=O)c4ccccc4)cc3)n2)c1. The van der Waals surface area contributed by atoms with E-state index in [-0.39, 0.29) is 11.6 Å². The van der Waals surface area contributed by atoms with Crippen molar-refractivity contribution in [2.45, 2.75) is 17.1 Å². The van der Waals surface area contributed by atoms with E-state index in [9.17, 15) is 14.4 Å². The Bertz CT molecular complexity index is 1770. The molecule has 0 saturated heterocycles. The number of hydrogen-bond acceptors (Lipinski definition) is 8. The molecule has 3 aromatic carbocycles. The average Bonchev–Trinajstić information content (AvgIpc) is 3.74. The van der Waals surface area contributed by atoms with Gasteiger partial charge in [0.2, 0.25) is 5.91 Å². The molecule has 9 nitrogen and oxygen atoms in total. The molecule has 0 aliphatic carbocycles. The van der Waals surface area contributed by atoms with Crippen molar-refractivity contribution >= 4 is 57.7 Å². The molecule has 2 aromatic heterocycles. The van der Waals surface area contributed by atoms with E-state index in [4.69, 9.17) is 9.15 Å². The molecule has 0 fully saturated rings. The van der Waals surface area contributed by atoms with Crippen LogP contribution in [0.5, 0.6) is 5.75 Å². The minimum absolute atomic E-state index is 0.0225. The van der Waals surface area contributed by atoms with Crippen molar-refractivity contribution in [3.05, 3.63) is 120 Å². The molecule has 5 aromatic rings. The van der Waals surface area contributed by atoms with Crippen LogP contribution in [0.2, 0.25) is 0 Å².